The molecule has 2 aromatic rings. The van der Waals surface area contributed by atoms with Crippen molar-refractivity contribution in [2.24, 2.45) is 5.92 Å². The third-order valence-corrected chi connectivity index (χ3v) is 4.34. The summed E-state index contributed by atoms with van der Waals surface area (Å²) in [6.45, 7) is 1.80. The van der Waals surface area contributed by atoms with Crippen LogP contribution in [0.3, 0.4) is 0 Å². The summed E-state index contributed by atoms with van der Waals surface area (Å²) in [7, 11) is 1.55. The number of ketones is 1. The van der Waals surface area contributed by atoms with Crippen LogP contribution in [-0.4, -0.2) is 31.4 Å². The number of hydrogen-bond acceptors (Lipinski definition) is 5. The Morgan fingerprint density at radius 2 is 1.69 bits per heavy atom. The molecule has 0 aliphatic carbocycles. The highest BCUT2D eigenvalue weighted by atomic mass is 16.5. The van der Waals surface area contributed by atoms with Gasteiger partial charge in [-0.2, -0.15) is 0 Å². The molecule has 0 radical (unpaired) electrons. The third kappa shape index (κ3) is 3.06. The van der Waals surface area contributed by atoms with Crippen LogP contribution >= 0.6 is 0 Å². The molecule has 0 unspecified atom stereocenters. The van der Waals surface area contributed by atoms with E-state index in [1.54, 1.807) is 62.6 Å². The summed E-state index contributed by atoms with van der Waals surface area (Å²) in [6.07, 6.45) is 0. The zero-order valence-corrected chi connectivity index (χ0v) is 14.5. The molecule has 1 aliphatic heterocycles. The molecular formula is C20H19NO5. The van der Waals surface area contributed by atoms with Gasteiger partial charge in [-0.1, -0.05) is 30.3 Å². The van der Waals surface area contributed by atoms with Crippen LogP contribution in [-0.2, 0) is 19.1 Å². The van der Waals surface area contributed by atoms with E-state index >= 15 is 0 Å². The fourth-order valence-corrected chi connectivity index (χ4v) is 3.15. The van der Waals surface area contributed by atoms with Gasteiger partial charge in [0.05, 0.1) is 19.8 Å². The number of amides is 1. The van der Waals surface area contributed by atoms with Crippen LogP contribution < -0.4 is 9.64 Å². The highest BCUT2D eigenvalue weighted by Crippen LogP contribution is 2.40. The predicted octanol–water partition coefficient (Wildman–Crippen LogP) is 2.53. The van der Waals surface area contributed by atoms with E-state index in [1.165, 1.54) is 4.90 Å². The number of rotatable bonds is 5. The number of carbonyl (C=O) groups excluding carboxylic acids is 3. The molecule has 0 aromatic heterocycles. The first-order chi connectivity index (χ1) is 12.6. The SMILES string of the molecule is CCOC(=O)[C@H]1C(=O)C(=O)N(c2ccccc2)[C@@H]1c1ccc(OC)cc1. The number of para-hydroxylation sites is 1. The summed E-state index contributed by atoms with van der Waals surface area (Å²) in [4.78, 5) is 39.1. The first-order valence-electron chi connectivity index (χ1n) is 8.31. The zero-order chi connectivity index (χ0) is 18.7. The van der Waals surface area contributed by atoms with E-state index in [4.69, 9.17) is 9.47 Å². The lowest BCUT2D eigenvalue weighted by Crippen LogP contribution is -2.31. The van der Waals surface area contributed by atoms with Crippen molar-refractivity contribution < 1.29 is 23.9 Å². The molecular weight excluding hydrogens is 334 g/mol. The van der Waals surface area contributed by atoms with Crippen molar-refractivity contribution in [2.75, 3.05) is 18.6 Å². The molecule has 1 aliphatic rings. The van der Waals surface area contributed by atoms with Crippen molar-refractivity contribution in [3.63, 3.8) is 0 Å². The summed E-state index contributed by atoms with van der Waals surface area (Å²) in [5.74, 6) is -2.72. The number of ether oxygens (including phenoxy) is 2. The Hall–Kier alpha value is -3.15. The molecule has 1 amide bonds. The minimum atomic E-state index is -1.20. The number of Topliss-reactive ketones (excluding diaryl/α,β-unsaturated/α-hetero) is 1. The van der Waals surface area contributed by atoms with Crippen LogP contribution in [0.25, 0.3) is 0 Å². The molecule has 0 bridgehead atoms. The molecule has 0 N–H and O–H groups in total. The number of anilines is 1. The second kappa shape index (κ2) is 7.39. The fraction of sp³-hybridized carbons (Fsp3) is 0.250. The molecule has 1 fully saturated rings. The number of benzene rings is 2. The summed E-state index contributed by atoms with van der Waals surface area (Å²) in [6, 6.07) is 15.0. The van der Waals surface area contributed by atoms with E-state index in [0.717, 1.165) is 0 Å². The van der Waals surface area contributed by atoms with Gasteiger partial charge in [-0.05, 0) is 36.8 Å². The smallest absolute Gasteiger partial charge is 0.319 e. The molecule has 6 heteroatoms. The predicted molar refractivity (Wildman–Crippen MR) is 94.8 cm³/mol. The van der Waals surface area contributed by atoms with E-state index in [9.17, 15) is 14.4 Å². The zero-order valence-electron chi connectivity index (χ0n) is 14.5. The number of carbonyl (C=O) groups is 3. The average molecular weight is 353 g/mol. The Kier molecular flexibility index (Phi) is 5.02. The van der Waals surface area contributed by atoms with Crippen LogP contribution in [0.2, 0.25) is 0 Å². The first-order valence-corrected chi connectivity index (χ1v) is 8.31. The van der Waals surface area contributed by atoms with Gasteiger partial charge < -0.3 is 9.47 Å². The van der Waals surface area contributed by atoms with E-state index in [2.05, 4.69) is 0 Å². The van der Waals surface area contributed by atoms with Gasteiger partial charge in [0.1, 0.15) is 11.7 Å². The van der Waals surface area contributed by atoms with Crippen molar-refractivity contribution in [1.82, 2.24) is 0 Å². The number of nitrogens with zero attached hydrogens (tertiary/aromatic N) is 1. The molecule has 0 saturated carbocycles. The Morgan fingerprint density at radius 1 is 1.04 bits per heavy atom. The molecule has 1 saturated heterocycles. The maximum absolute atomic E-state index is 12.7. The van der Waals surface area contributed by atoms with Gasteiger partial charge in [-0.3, -0.25) is 19.3 Å². The lowest BCUT2D eigenvalue weighted by molar-refractivity contribution is -0.152. The summed E-state index contributed by atoms with van der Waals surface area (Å²) < 4.78 is 10.2. The van der Waals surface area contributed by atoms with Gasteiger partial charge in [-0.15, -0.1) is 0 Å². The average Bonchev–Trinajstić information content (AvgIpc) is 2.94. The number of esters is 1. The van der Waals surface area contributed by atoms with E-state index in [0.29, 0.717) is 17.0 Å². The fourth-order valence-electron chi connectivity index (χ4n) is 3.15. The Bertz CT molecular complexity index is 816. The van der Waals surface area contributed by atoms with Crippen molar-refractivity contribution in [3.05, 3.63) is 60.2 Å². The van der Waals surface area contributed by atoms with Crippen LogP contribution in [0, 0.1) is 5.92 Å². The Balaban J connectivity index is 2.10. The van der Waals surface area contributed by atoms with Crippen molar-refractivity contribution in [1.29, 1.82) is 0 Å². The molecule has 134 valence electrons. The van der Waals surface area contributed by atoms with Gasteiger partial charge in [0.2, 0.25) is 5.78 Å². The second-order valence-corrected chi connectivity index (χ2v) is 5.82. The lowest BCUT2D eigenvalue weighted by atomic mass is 9.92. The first kappa shape index (κ1) is 17.7. The molecule has 3 rings (SSSR count). The van der Waals surface area contributed by atoms with E-state index in [1.807, 2.05) is 6.07 Å². The summed E-state index contributed by atoms with van der Waals surface area (Å²) in [5.41, 5.74) is 1.21. The quantitative estimate of drug-likeness (QED) is 0.469. The lowest BCUT2D eigenvalue weighted by Gasteiger charge is -2.27. The summed E-state index contributed by atoms with van der Waals surface area (Å²) in [5, 5.41) is 0. The minimum absolute atomic E-state index is 0.136. The standard InChI is InChI=1S/C20H19NO5/c1-3-26-20(24)16-17(13-9-11-15(25-2)12-10-13)21(19(23)18(16)22)14-7-5-4-6-8-14/h4-12,16-17H,3H2,1-2H3/t16-,17-/m1/s1. The maximum atomic E-state index is 12.7. The maximum Gasteiger partial charge on any atom is 0.319 e. The topological polar surface area (TPSA) is 72.9 Å². The van der Waals surface area contributed by atoms with Crippen molar-refractivity contribution in [3.8, 4) is 5.75 Å². The van der Waals surface area contributed by atoms with E-state index in [-0.39, 0.29) is 6.61 Å². The number of hydrogen-bond donors (Lipinski definition) is 0. The van der Waals surface area contributed by atoms with Gasteiger partial charge >= 0.3 is 5.97 Å². The van der Waals surface area contributed by atoms with Gasteiger partial charge in [0.25, 0.3) is 5.91 Å². The highest BCUT2D eigenvalue weighted by Gasteiger charge is 2.53. The largest absolute Gasteiger partial charge is 0.497 e. The van der Waals surface area contributed by atoms with Gasteiger partial charge in [0.15, 0.2) is 0 Å². The monoisotopic (exact) mass is 353 g/mol. The molecule has 2 aromatic carbocycles. The van der Waals surface area contributed by atoms with Crippen LogP contribution in [0.4, 0.5) is 5.69 Å². The Morgan fingerprint density at radius 3 is 2.27 bits per heavy atom. The summed E-state index contributed by atoms with van der Waals surface area (Å²) >= 11 is 0. The highest BCUT2D eigenvalue weighted by molar-refractivity contribution is 6.47. The van der Waals surface area contributed by atoms with E-state index < -0.39 is 29.6 Å². The van der Waals surface area contributed by atoms with Crippen LogP contribution in [0.15, 0.2) is 54.6 Å². The molecule has 2 atom stereocenters. The second-order valence-electron chi connectivity index (χ2n) is 5.82. The Labute approximate surface area is 151 Å². The normalized spacial score (nSPS) is 19.5. The van der Waals surface area contributed by atoms with Gasteiger partial charge in [-0.25, -0.2) is 0 Å². The molecule has 26 heavy (non-hydrogen) atoms. The molecule has 0 spiro atoms. The minimum Gasteiger partial charge on any atom is -0.497 e. The third-order valence-electron chi connectivity index (χ3n) is 4.34. The van der Waals surface area contributed by atoms with Crippen molar-refractivity contribution >= 4 is 23.3 Å². The van der Waals surface area contributed by atoms with Crippen LogP contribution in [0.5, 0.6) is 5.75 Å². The number of methoxy groups -OCH3 is 1. The van der Waals surface area contributed by atoms with Gasteiger partial charge in [0, 0.05) is 5.69 Å². The van der Waals surface area contributed by atoms with Crippen LogP contribution in [0.1, 0.15) is 18.5 Å². The molecule has 1 heterocycles. The van der Waals surface area contributed by atoms with Crippen molar-refractivity contribution in [2.45, 2.75) is 13.0 Å². The molecule has 6 nitrogen and oxygen atoms in total.